The van der Waals surface area contributed by atoms with E-state index in [1.165, 1.54) is 0 Å². The van der Waals surface area contributed by atoms with Gasteiger partial charge in [0, 0.05) is 6.42 Å². The van der Waals surface area contributed by atoms with Crippen molar-refractivity contribution in [2.75, 3.05) is 6.61 Å². The quantitative estimate of drug-likeness (QED) is 0.244. The van der Waals surface area contributed by atoms with Gasteiger partial charge in [0.05, 0.1) is 31.2 Å². The van der Waals surface area contributed by atoms with Crippen molar-refractivity contribution in [3.05, 3.63) is 11.6 Å². The van der Waals surface area contributed by atoms with Crippen LogP contribution in [-0.2, 0) is 28.6 Å². The Labute approximate surface area is 211 Å². The molecular formula is C25H40O11. The van der Waals surface area contributed by atoms with E-state index in [1.807, 2.05) is 20.8 Å². The van der Waals surface area contributed by atoms with Crippen molar-refractivity contribution in [1.29, 1.82) is 0 Å². The lowest BCUT2D eigenvalue weighted by Crippen LogP contribution is -2.61. The van der Waals surface area contributed by atoms with Crippen LogP contribution in [0.25, 0.3) is 0 Å². The van der Waals surface area contributed by atoms with Gasteiger partial charge in [-0.1, -0.05) is 19.4 Å². The maximum atomic E-state index is 12.3. The van der Waals surface area contributed by atoms with E-state index in [1.54, 1.807) is 13.0 Å². The summed E-state index contributed by atoms with van der Waals surface area (Å²) >= 11 is 0. The zero-order valence-electron chi connectivity index (χ0n) is 21.5. The van der Waals surface area contributed by atoms with Gasteiger partial charge in [-0.3, -0.25) is 14.4 Å². The minimum absolute atomic E-state index is 0.107. The topological polar surface area (TPSA) is 180 Å². The minimum Gasteiger partial charge on any atom is -0.481 e. The first kappa shape index (κ1) is 30.3. The summed E-state index contributed by atoms with van der Waals surface area (Å²) in [6.07, 6.45) is -5.66. The molecule has 11 nitrogen and oxygen atoms in total. The molecule has 0 unspecified atom stereocenters. The van der Waals surface area contributed by atoms with E-state index >= 15 is 0 Å². The fourth-order valence-corrected chi connectivity index (χ4v) is 5.11. The zero-order valence-corrected chi connectivity index (χ0v) is 21.5. The molecule has 0 radical (unpaired) electrons. The number of esters is 1. The Morgan fingerprint density at radius 3 is 2.44 bits per heavy atom. The Balaban J connectivity index is 2.03. The van der Waals surface area contributed by atoms with Crippen LogP contribution in [0.2, 0.25) is 0 Å². The first-order valence-corrected chi connectivity index (χ1v) is 12.2. The standard InChI is InChI=1S/C25H40O11/c1-13-8-15(27)9-24(3,4)16(13)7-6-14(2)34-23-21(32)22(20(31)17(12-26)35-23)36-19(30)11-25(5,33)10-18(28)29/h8,14,16-17,20-23,26,31-33H,6-7,9-12H2,1-5H3,(H,28,29)/t14-,16-,17-,20-,21-,22+,23-,25+/m1/s1. The third kappa shape index (κ3) is 8.06. The normalized spacial score (nSPS) is 32.8. The number of carboxylic acid groups (broad SMARTS) is 1. The monoisotopic (exact) mass is 516 g/mol. The Bertz CT molecular complexity index is 834. The van der Waals surface area contributed by atoms with Crippen LogP contribution in [0.15, 0.2) is 11.6 Å². The van der Waals surface area contributed by atoms with Gasteiger partial charge in [0.15, 0.2) is 18.2 Å². The zero-order chi connectivity index (χ0) is 27.4. The molecule has 0 aromatic carbocycles. The fourth-order valence-electron chi connectivity index (χ4n) is 5.11. The van der Waals surface area contributed by atoms with Gasteiger partial charge in [-0.15, -0.1) is 0 Å². The van der Waals surface area contributed by atoms with E-state index in [2.05, 4.69) is 0 Å². The number of aliphatic hydroxyl groups excluding tert-OH is 3. The van der Waals surface area contributed by atoms with Crippen molar-refractivity contribution in [2.24, 2.45) is 11.3 Å². The number of aliphatic carboxylic acids is 1. The average molecular weight is 517 g/mol. The van der Waals surface area contributed by atoms with Crippen molar-refractivity contribution in [2.45, 2.75) is 109 Å². The number of carboxylic acids is 1. The largest absolute Gasteiger partial charge is 0.481 e. The average Bonchev–Trinajstić information content (AvgIpc) is 2.70. The molecule has 8 atom stereocenters. The Morgan fingerprint density at radius 2 is 1.89 bits per heavy atom. The van der Waals surface area contributed by atoms with E-state index in [9.17, 15) is 34.8 Å². The lowest BCUT2D eigenvalue weighted by Gasteiger charge is -2.42. The summed E-state index contributed by atoms with van der Waals surface area (Å²) in [5, 5.41) is 49.8. The van der Waals surface area contributed by atoms with Gasteiger partial charge in [-0.05, 0) is 51.0 Å². The molecule has 0 aromatic rings. The Hall–Kier alpha value is -1.89. The van der Waals surface area contributed by atoms with Gasteiger partial charge in [-0.25, -0.2) is 0 Å². The molecule has 206 valence electrons. The molecule has 11 heteroatoms. The number of carbonyl (C=O) groups excluding carboxylic acids is 2. The molecule has 2 rings (SSSR count). The molecule has 0 spiro atoms. The SMILES string of the molecule is CC1=CC(=O)CC(C)(C)[C@@H]1CC[C@@H](C)O[C@@H]1O[C@H](CO)[C@@H](O)[C@H](OC(=O)C[C@@](C)(O)CC(=O)O)[C@H]1O. The number of carbonyl (C=O) groups is 3. The van der Waals surface area contributed by atoms with Crippen LogP contribution in [0, 0.1) is 11.3 Å². The lowest BCUT2D eigenvalue weighted by atomic mass is 9.66. The van der Waals surface area contributed by atoms with Crippen LogP contribution >= 0.6 is 0 Å². The molecule has 1 saturated heterocycles. The molecule has 1 aliphatic carbocycles. The van der Waals surface area contributed by atoms with E-state index < -0.39 is 73.8 Å². The van der Waals surface area contributed by atoms with E-state index in [4.69, 9.17) is 19.3 Å². The molecular weight excluding hydrogens is 476 g/mol. The highest BCUT2D eigenvalue weighted by molar-refractivity contribution is 5.91. The predicted octanol–water partition coefficient (Wildman–Crippen LogP) is 0.700. The number of aliphatic hydroxyl groups is 4. The fraction of sp³-hybridized carbons (Fsp3) is 0.800. The van der Waals surface area contributed by atoms with E-state index in [0.717, 1.165) is 18.9 Å². The predicted molar refractivity (Wildman–Crippen MR) is 126 cm³/mol. The maximum absolute atomic E-state index is 12.3. The van der Waals surface area contributed by atoms with Gasteiger partial charge in [-0.2, -0.15) is 0 Å². The second-order valence-corrected chi connectivity index (χ2v) is 11.0. The van der Waals surface area contributed by atoms with Gasteiger partial charge in [0.25, 0.3) is 0 Å². The van der Waals surface area contributed by atoms with Crippen molar-refractivity contribution in [3.8, 4) is 0 Å². The number of rotatable bonds is 11. The molecule has 1 fully saturated rings. The van der Waals surface area contributed by atoms with Crippen LogP contribution in [0.4, 0.5) is 0 Å². The molecule has 0 saturated carbocycles. The summed E-state index contributed by atoms with van der Waals surface area (Å²) < 4.78 is 16.6. The number of ketones is 1. The third-order valence-electron chi connectivity index (χ3n) is 6.89. The molecule has 1 heterocycles. The summed E-state index contributed by atoms with van der Waals surface area (Å²) in [6.45, 7) is 8.32. The Morgan fingerprint density at radius 1 is 1.25 bits per heavy atom. The Kier molecular flexibility index (Phi) is 10.2. The second kappa shape index (κ2) is 12.1. The van der Waals surface area contributed by atoms with E-state index in [0.29, 0.717) is 12.8 Å². The van der Waals surface area contributed by atoms with Crippen LogP contribution in [0.3, 0.4) is 0 Å². The van der Waals surface area contributed by atoms with Crippen LogP contribution < -0.4 is 0 Å². The highest BCUT2D eigenvalue weighted by Gasteiger charge is 2.48. The van der Waals surface area contributed by atoms with Crippen molar-refractivity contribution in [1.82, 2.24) is 0 Å². The minimum atomic E-state index is -1.89. The van der Waals surface area contributed by atoms with Crippen molar-refractivity contribution < 1.29 is 54.1 Å². The number of hydrogen-bond acceptors (Lipinski definition) is 10. The number of hydrogen-bond donors (Lipinski definition) is 5. The van der Waals surface area contributed by atoms with E-state index in [-0.39, 0.29) is 17.1 Å². The number of ether oxygens (including phenoxy) is 3. The van der Waals surface area contributed by atoms with Gasteiger partial charge in [0.1, 0.15) is 18.3 Å². The first-order valence-electron chi connectivity index (χ1n) is 12.2. The molecule has 0 bridgehead atoms. The summed E-state index contributed by atoms with van der Waals surface area (Å²) in [6, 6.07) is 0. The second-order valence-electron chi connectivity index (χ2n) is 11.0. The molecule has 0 aromatic heterocycles. The highest BCUT2D eigenvalue weighted by atomic mass is 16.7. The smallest absolute Gasteiger partial charge is 0.309 e. The molecule has 0 amide bonds. The summed E-state index contributed by atoms with van der Waals surface area (Å²) in [5.74, 6) is -2.07. The molecule has 5 N–H and O–H groups in total. The third-order valence-corrected chi connectivity index (χ3v) is 6.89. The summed E-state index contributed by atoms with van der Waals surface area (Å²) in [5.41, 5.74) is -1.09. The summed E-state index contributed by atoms with van der Waals surface area (Å²) in [7, 11) is 0. The molecule has 2 aliphatic rings. The van der Waals surface area contributed by atoms with Crippen LogP contribution in [0.1, 0.15) is 66.7 Å². The number of allylic oxidation sites excluding steroid dienone is 2. The van der Waals surface area contributed by atoms with Crippen molar-refractivity contribution >= 4 is 17.7 Å². The highest BCUT2D eigenvalue weighted by Crippen LogP contribution is 2.42. The first-order chi connectivity index (χ1) is 16.6. The molecule has 1 aliphatic heterocycles. The maximum Gasteiger partial charge on any atom is 0.309 e. The lowest BCUT2D eigenvalue weighted by molar-refractivity contribution is -0.312. The van der Waals surface area contributed by atoms with Gasteiger partial charge >= 0.3 is 11.9 Å². The van der Waals surface area contributed by atoms with Crippen molar-refractivity contribution in [3.63, 3.8) is 0 Å². The van der Waals surface area contributed by atoms with Crippen LogP contribution in [0.5, 0.6) is 0 Å². The van der Waals surface area contributed by atoms with Gasteiger partial charge < -0.3 is 39.7 Å². The summed E-state index contributed by atoms with van der Waals surface area (Å²) in [4.78, 5) is 35.1. The molecule has 36 heavy (non-hydrogen) atoms. The van der Waals surface area contributed by atoms with Crippen LogP contribution in [-0.4, -0.2) is 92.3 Å². The van der Waals surface area contributed by atoms with Gasteiger partial charge in [0.2, 0.25) is 0 Å².